The van der Waals surface area contributed by atoms with Crippen molar-refractivity contribution >= 4 is 22.2 Å². The van der Waals surface area contributed by atoms with Gasteiger partial charge in [0, 0.05) is 29.1 Å². The van der Waals surface area contributed by atoms with Gasteiger partial charge in [0.05, 0.1) is 5.69 Å². The number of nitrogens with two attached hydrogens (primary N) is 1. The summed E-state index contributed by atoms with van der Waals surface area (Å²) in [6.07, 6.45) is 0. The minimum atomic E-state index is 0.0224. The molecule has 0 saturated heterocycles. The van der Waals surface area contributed by atoms with Crippen LogP contribution in [0.3, 0.4) is 0 Å². The zero-order valence-corrected chi connectivity index (χ0v) is 14.4. The molecule has 0 radical (unpaired) electrons. The van der Waals surface area contributed by atoms with Gasteiger partial charge in [-0.15, -0.1) is 0 Å². The van der Waals surface area contributed by atoms with Crippen molar-refractivity contribution in [1.82, 2.24) is 4.98 Å². The monoisotopic (exact) mass is 303 g/mol. The summed E-state index contributed by atoms with van der Waals surface area (Å²) in [5, 5.41) is 1.04. The van der Waals surface area contributed by atoms with Crippen molar-refractivity contribution in [3.05, 3.63) is 40.4 Å². The topological polar surface area (TPSA) is 42.2 Å². The Morgan fingerprint density at radius 1 is 1.24 bits per heavy atom. The summed E-state index contributed by atoms with van der Waals surface area (Å²) in [5.74, 6) is 0. The number of aromatic nitrogens is 1. The fourth-order valence-electron chi connectivity index (χ4n) is 2.45. The fourth-order valence-corrected chi connectivity index (χ4v) is 3.68. The number of anilines is 2. The molecule has 0 fully saturated rings. The van der Waals surface area contributed by atoms with Crippen LogP contribution in [0.1, 0.15) is 43.8 Å². The molecule has 2 aromatic rings. The Kier molecular flexibility index (Phi) is 4.69. The second-order valence-corrected chi connectivity index (χ2v) is 7.32. The van der Waals surface area contributed by atoms with Crippen LogP contribution in [0.2, 0.25) is 0 Å². The molecular formula is C17H25N3S. The van der Waals surface area contributed by atoms with E-state index in [0.717, 1.165) is 17.4 Å². The Balaban J connectivity index is 2.49. The highest BCUT2D eigenvalue weighted by molar-refractivity contribution is 7.15. The van der Waals surface area contributed by atoms with Gasteiger partial charge in [-0.05, 0) is 25.5 Å². The second-order valence-electron chi connectivity index (χ2n) is 6.25. The van der Waals surface area contributed by atoms with E-state index in [1.54, 1.807) is 11.3 Å². The van der Waals surface area contributed by atoms with E-state index < -0.39 is 0 Å². The van der Waals surface area contributed by atoms with Crippen LogP contribution in [0.4, 0.5) is 10.8 Å². The van der Waals surface area contributed by atoms with E-state index in [2.05, 4.69) is 63.8 Å². The zero-order valence-electron chi connectivity index (χ0n) is 13.6. The van der Waals surface area contributed by atoms with Crippen LogP contribution in [0.15, 0.2) is 24.3 Å². The molecule has 4 heteroatoms. The molecule has 3 nitrogen and oxygen atoms in total. The van der Waals surface area contributed by atoms with Crippen molar-refractivity contribution in [3.8, 4) is 0 Å². The predicted octanol–water partition coefficient (Wildman–Crippen LogP) is 4.37. The minimum Gasteiger partial charge on any atom is -0.326 e. The number of rotatable bonds is 4. The highest BCUT2D eigenvalue weighted by atomic mass is 32.1. The van der Waals surface area contributed by atoms with Crippen LogP contribution in [0.25, 0.3) is 0 Å². The van der Waals surface area contributed by atoms with Crippen LogP contribution >= 0.6 is 11.3 Å². The highest BCUT2D eigenvalue weighted by Gasteiger charge is 2.24. The molecule has 0 aliphatic rings. The lowest BCUT2D eigenvalue weighted by atomic mass is 9.91. The third-order valence-corrected chi connectivity index (χ3v) is 4.64. The number of hydrogen-bond acceptors (Lipinski definition) is 4. The lowest BCUT2D eigenvalue weighted by Crippen LogP contribution is -2.18. The van der Waals surface area contributed by atoms with Gasteiger partial charge in [-0.3, -0.25) is 0 Å². The number of para-hydroxylation sites is 1. The minimum absolute atomic E-state index is 0.0224. The first-order chi connectivity index (χ1) is 9.88. The second kappa shape index (κ2) is 6.16. The molecule has 0 spiro atoms. The first-order valence-corrected chi connectivity index (χ1v) is 8.23. The van der Waals surface area contributed by atoms with Crippen LogP contribution in [-0.4, -0.2) is 11.5 Å². The van der Waals surface area contributed by atoms with E-state index in [1.807, 2.05) is 0 Å². The summed E-state index contributed by atoms with van der Waals surface area (Å²) in [6, 6.07) is 8.44. The molecule has 2 N–H and O–H groups in total. The Morgan fingerprint density at radius 3 is 2.38 bits per heavy atom. The molecule has 114 valence electrons. The van der Waals surface area contributed by atoms with Gasteiger partial charge in [0.2, 0.25) is 0 Å². The van der Waals surface area contributed by atoms with E-state index in [9.17, 15) is 0 Å². The molecule has 1 heterocycles. The third-order valence-electron chi connectivity index (χ3n) is 3.54. The number of nitrogens with zero attached hydrogens (tertiary/aromatic N) is 2. The number of aryl methyl sites for hydroxylation is 1. The molecule has 21 heavy (non-hydrogen) atoms. The Hall–Kier alpha value is -1.39. The van der Waals surface area contributed by atoms with E-state index in [1.165, 1.54) is 16.1 Å². The van der Waals surface area contributed by atoms with Gasteiger partial charge in [0.1, 0.15) is 0 Å². The van der Waals surface area contributed by atoms with Crippen molar-refractivity contribution in [2.75, 3.05) is 11.4 Å². The summed E-state index contributed by atoms with van der Waals surface area (Å²) < 4.78 is 0. The summed E-state index contributed by atoms with van der Waals surface area (Å²) >= 11 is 1.71. The van der Waals surface area contributed by atoms with Gasteiger partial charge in [-0.25, -0.2) is 4.98 Å². The van der Waals surface area contributed by atoms with Gasteiger partial charge in [0.15, 0.2) is 5.13 Å². The van der Waals surface area contributed by atoms with Gasteiger partial charge < -0.3 is 10.6 Å². The maximum atomic E-state index is 5.92. The summed E-state index contributed by atoms with van der Waals surface area (Å²) in [6.45, 7) is 12.3. The van der Waals surface area contributed by atoms with Crippen molar-refractivity contribution in [2.24, 2.45) is 5.73 Å². The number of thiazole rings is 1. The van der Waals surface area contributed by atoms with Crippen LogP contribution in [0.5, 0.6) is 0 Å². The average molecular weight is 303 g/mol. The molecule has 0 amide bonds. The fraction of sp³-hybridized carbons (Fsp3) is 0.471. The first-order valence-electron chi connectivity index (χ1n) is 7.42. The van der Waals surface area contributed by atoms with Gasteiger partial charge in [0.25, 0.3) is 0 Å². The quantitative estimate of drug-likeness (QED) is 0.912. The van der Waals surface area contributed by atoms with E-state index in [4.69, 9.17) is 10.7 Å². The Labute approximate surface area is 131 Å². The van der Waals surface area contributed by atoms with E-state index in [-0.39, 0.29) is 5.41 Å². The first kappa shape index (κ1) is 16.0. The van der Waals surface area contributed by atoms with Gasteiger partial charge in [-0.2, -0.15) is 0 Å². The maximum absolute atomic E-state index is 5.92. The molecule has 0 unspecified atom stereocenters. The largest absolute Gasteiger partial charge is 0.326 e. The molecule has 1 aromatic heterocycles. The Bertz CT molecular complexity index is 611. The molecule has 1 aromatic carbocycles. The van der Waals surface area contributed by atoms with Crippen molar-refractivity contribution < 1.29 is 0 Å². The lowest BCUT2D eigenvalue weighted by molar-refractivity contribution is 0.566. The number of benzene rings is 1. The maximum Gasteiger partial charge on any atom is 0.190 e. The summed E-state index contributed by atoms with van der Waals surface area (Å²) in [4.78, 5) is 8.36. The molecular weight excluding hydrogens is 278 g/mol. The normalized spacial score (nSPS) is 11.7. The van der Waals surface area contributed by atoms with Crippen molar-refractivity contribution in [1.29, 1.82) is 0 Å². The molecule has 0 bridgehead atoms. The molecule has 0 atom stereocenters. The van der Waals surface area contributed by atoms with Crippen LogP contribution in [0, 0.1) is 6.92 Å². The van der Waals surface area contributed by atoms with Gasteiger partial charge in [-0.1, -0.05) is 50.3 Å². The smallest absolute Gasteiger partial charge is 0.190 e. The summed E-state index contributed by atoms with van der Waals surface area (Å²) in [7, 11) is 0. The van der Waals surface area contributed by atoms with Crippen LogP contribution in [-0.2, 0) is 12.0 Å². The van der Waals surface area contributed by atoms with Crippen LogP contribution < -0.4 is 10.6 Å². The summed E-state index contributed by atoms with van der Waals surface area (Å²) in [5.41, 5.74) is 9.55. The lowest BCUT2D eigenvalue weighted by Gasteiger charge is -2.22. The number of hydrogen-bond donors (Lipinski definition) is 1. The van der Waals surface area contributed by atoms with Gasteiger partial charge >= 0.3 is 0 Å². The Morgan fingerprint density at radius 2 is 1.90 bits per heavy atom. The van der Waals surface area contributed by atoms with Crippen molar-refractivity contribution in [3.63, 3.8) is 0 Å². The highest BCUT2D eigenvalue weighted by Crippen LogP contribution is 2.37. The molecule has 0 saturated carbocycles. The SMILES string of the molecule is CCN(c1nc(C(C)(C)C)c(CN)s1)c1ccccc1C. The third kappa shape index (κ3) is 3.27. The standard InChI is InChI=1S/C17H25N3S/c1-6-20(13-10-8-7-9-12(13)2)16-19-15(17(3,4)5)14(11-18)21-16/h7-10H,6,11,18H2,1-5H3. The predicted molar refractivity (Wildman–Crippen MR) is 92.6 cm³/mol. The van der Waals surface area contributed by atoms with E-state index in [0.29, 0.717) is 6.54 Å². The molecule has 2 rings (SSSR count). The molecule has 0 aliphatic carbocycles. The van der Waals surface area contributed by atoms with Crippen molar-refractivity contribution in [2.45, 2.75) is 46.6 Å². The van der Waals surface area contributed by atoms with E-state index >= 15 is 0 Å². The zero-order chi connectivity index (χ0) is 15.6. The molecule has 0 aliphatic heterocycles. The average Bonchev–Trinajstić information content (AvgIpc) is 2.86.